The molecule has 0 aliphatic carbocycles. The van der Waals surface area contributed by atoms with Crippen LogP contribution in [-0.4, -0.2) is 76.9 Å². The minimum atomic E-state index is -3.93. The van der Waals surface area contributed by atoms with Gasteiger partial charge in [-0.25, -0.2) is 8.42 Å². The van der Waals surface area contributed by atoms with Crippen LogP contribution in [0, 0.1) is 0 Å². The van der Waals surface area contributed by atoms with Crippen LogP contribution in [-0.2, 0) is 32.8 Å². The maximum atomic E-state index is 13.1. The van der Waals surface area contributed by atoms with Gasteiger partial charge in [0, 0.05) is 17.4 Å². The number of thioether (sulfide) groups is 1. The second-order valence-electron chi connectivity index (χ2n) is 11.0. The summed E-state index contributed by atoms with van der Waals surface area (Å²) in [6, 6.07) is 19.0. The zero-order valence-corrected chi connectivity index (χ0v) is 27.4. The van der Waals surface area contributed by atoms with Gasteiger partial charge in [0.2, 0.25) is 9.84 Å². The van der Waals surface area contributed by atoms with Gasteiger partial charge in [0.1, 0.15) is 17.2 Å². The quantitative estimate of drug-likeness (QED) is 0.153. The number of ether oxygens (including phenoxy) is 2. The average Bonchev–Trinajstić information content (AvgIpc) is 2.93. The molecular formula is C31H42NO7S3+. The lowest BCUT2D eigenvalue weighted by atomic mass is 10.0. The first kappa shape index (κ1) is 33.9. The number of quaternary nitrogens is 1. The van der Waals surface area contributed by atoms with E-state index in [9.17, 15) is 16.8 Å². The molecule has 0 saturated heterocycles. The van der Waals surface area contributed by atoms with Crippen LogP contribution < -0.4 is 9.47 Å². The highest BCUT2D eigenvalue weighted by Crippen LogP contribution is 2.31. The molecule has 0 spiro atoms. The molecule has 0 aliphatic heterocycles. The van der Waals surface area contributed by atoms with E-state index in [0.29, 0.717) is 34.2 Å². The van der Waals surface area contributed by atoms with Crippen molar-refractivity contribution in [1.82, 2.24) is 0 Å². The van der Waals surface area contributed by atoms with E-state index < -0.39 is 20.0 Å². The molecule has 0 heterocycles. The molecule has 0 saturated carbocycles. The Kier molecular flexibility index (Phi) is 11.9. The molecule has 3 aromatic rings. The molecule has 8 nitrogen and oxygen atoms in total. The van der Waals surface area contributed by atoms with Crippen LogP contribution in [0.15, 0.2) is 76.5 Å². The van der Waals surface area contributed by atoms with Crippen molar-refractivity contribution in [3.8, 4) is 17.2 Å². The molecule has 11 heteroatoms. The lowest BCUT2D eigenvalue weighted by Crippen LogP contribution is -2.43. The van der Waals surface area contributed by atoms with Crippen LogP contribution in [0.3, 0.4) is 0 Å². The van der Waals surface area contributed by atoms with E-state index in [4.69, 9.17) is 14.0 Å². The Hall–Kier alpha value is -2.57. The van der Waals surface area contributed by atoms with Gasteiger partial charge in [-0.2, -0.15) is 20.2 Å². The molecule has 42 heavy (non-hydrogen) atoms. The molecule has 1 N–H and O–H groups in total. The zero-order chi connectivity index (χ0) is 31.0. The molecule has 0 aliphatic rings. The Morgan fingerprint density at radius 3 is 2.02 bits per heavy atom. The summed E-state index contributed by atoms with van der Waals surface area (Å²) in [5.74, 6) is 2.58. The summed E-state index contributed by atoms with van der Waals surface area (Å²) < 4.78 is 69.2. The van der Waals surface area contributed by atoms with Crippen LogP contribution in [0.25, 0.3) is 0 Å². The van der Waals surface area contributed by atoms with E-state index in [-0.39, 0.29) is 15.5 Å². The highest BCUT2D eigenvalue weighted by molar-refractivity contribution is 7.99. The molecule has 0 fully saturated rings. The smallest absolute Gasteiger partial charge is 0.265 e. The lowest BCUT2D eigenvalue weighted by Gasteiger charge is -2.30. The van der Waals surface area contributed by atoms with E-state index in [2.05, 4.69) is 34.0 Å². The van der Waals surface area contributed by atoms with Crippen molar-refractivity contribution in [3.63, 3.8) is 0 Å². The van der Waals surface area contributed by atoms with E-state index >= 15 is 0 Å². The van der Waals surface area contributed by atoms with Crippen molar-refractivity contribution >= 4 is 31.7 Å². The fourth-order valence-electron chi connectivity index (χ4n) is 4.47. The van der Waals surface area contributed by atoms with Crippen molar-refractivity contribution in [1.29, 1.82) is 0 Å². The molecule has 0 aromatic heterocycles. The predicted molar refractivity (Wildman–Crippen MR) is 169 cm³/mol. The first-order valence-corrected chi connectivity index (χ1v) is 18.0. The largest absolute Gasteiger partial charge is 0.497 e. The Morgan fingerprint density at radius 2 is 1.48 bits per heavy atom. The van der Waals surface area contributed by atoms with E-state index in [1.54, 1.807) is 36.4 Å². The Balaban J connectivity index is 1.64. The fourth-order valence-corrected chi connectivity index (χ4v) is 7.53. The highest BCUT2D eigenvalue weighted by atomic mass is 32.2. The normalized spacial score (nSPS) is 13.1. The van der Waals surface area contributed by atoms with Crippen molar-refractivity contribution in [2.45, 2.75) is 48.2 Å². The van der Waals surface area contributed by atoms with Crippen molar-refractivity contribution < 1.29 is 35.3 Å². The number of hydrogen-bond acceptors (Lipinski definition) is 7. The van der Waals surface area contributed by atoms with Gasteiger partial charge in [-0.15, -0.1) is 0 Å². The third-order valence-corrected chi connectivity index (χ3v) is 10.8. The van der Waals surface area contributed by atoms with Gasteiger partial charge in [0.15, 0.2) is 0 Å². The van der Waals surface area contributed by atoms with Gasteiger partial charge in [-0.3, -0.25) is 4.55 Å². The van der Waals surface area contributed by atoms with Gasteiger partial charge in [-0.05, 0) is 78.6 Å². The van der Waals surface area contributed by atoms with E-state index in [1.807, 2.05) is 23.9 Å². The van der Waals surface area contributed by atoms with Crippen LogP contribution in [0.2, 0.25) is 0 Å². The van der Waals surface area contributed by atoms with Crippen molar-refractivity contribution in [2.75, 3.05) is 45.8 Å². The molecule has 1 unspecified atom stereocenters. The maximum absolute atomic E-state index is 13.1. The standard InChI is InChI=1S/C31H41NO7S3/c1-6-25-8-17-31(26(23-25)22-24(2)40-20-19-32(3,4)18-7-21-41(33,34)35)39-28-11-15-30(16-12-28)42(36,37)29-13-9-27(38-5)10-14-29/h8-17,23-24H,6-7,18-22H2,1-5H3/p+1. The predicted octanol–water partition coefficient (Wildman–Crippen LogP) is 5.90. The Labute approximate surface area is 255 Å². The summed E-state index contributed by atoms with van der Waals surface area (Å²) in [5, 5.41) is 0.314. The van der Waals surface area contributed by atoms with Crippen LogP contribution in [0.4, 0.5) is 0 Å². The summed E-state index contributed by atoms with van der Waals surface area (Å²) >= 11 is 1.86. The number of rotatable bonds is 16. The number of hydrogen-bond donors (Lipinski definition) is 1. The number of sulfone groups is 1. The third kappa shape index (κ3) is 10.3. The molecule has 3 aromatic carbocycles. The fraction of sp³-hybridized carbons (Fsp3) is 0.419. The Morgan fingerprint density at radius 1 is 0.881 bits per heavy atom. The summed E-state index contributed by atoms with van der Waals surface area (Å²) in [6.45, 7) is 5.85. The number of aryl methyl sites for hydroxylation is 1. The number of methoxy groups -OCH3 is 1. The molecule has 0 bridgehead atoms. The second kappa shape index (κ2) is 14.7. The van der Waals surface area contributed by atoms with Gasteiger partial charge in [-0.1, -0.05) is 26.0 Å². The summed E-state index contributed by atoms with van der Waals surface area (Å²) in [7, 11) is -1.93. The van der Waals surface area contributed by atoms with Crippen LogP contribution in [0.1, 0.15) is 31.4 Å². The van der Waals surface area contributed by atoms with E-state index in [1.165, 1.54) is 24.8 Å². The SMILES string of the molecule is CCc1ccc(Oc2ccc(S(=O)(=O)c3ccc(OC)cc3)cc2)c(CC(C)SCC[N+](C)(C)CCCS(=O)(=O)O)c1. The minimum absolute atomic E-state index is 0.186. The minimum Gasteiger partial charge on any atom is -0.497 e. The molecule has 0 amide bonds. The first-order chi connectivity index (χ1) is 19.7. The summed E-state index contributed by atoms with van der Waals surface area (Å²) in [4.78, 5) is 0.382. The molecule has 3 rings (SSSR count). The van der Waals surface area contributed by atoms with Crippen LogP contribution in [0.5, 0.6) is 17.2 Å². The lowest BCUT2D eigenvalue weighted by molar-refractivity contribution is -0.887. The van der Waals surface area contributed by atoms with Gasteiger partial charge in [0.05, 0.1) is 49.8 Å². The molecule has 0 radical (unpaired) electrons. The average molecular weight is 637 g/mol. The Bertz CT molecular complexity index is 1520. The molecular weight excluding hydrogens is 595 g/mol. The van der Waals surface area contributed by atoms with Crippen LogP contribution >= 0.6 is 11.8 Å². The summed E-state index contributed by atoms with van der Waals surface area (Å²) in [5.41, 5.74) is 2.30. The van der Waals surface area contributed by atoms with Gasteiger partial charge >= 0.3 is 0 Å². The second-order valence-corrected chi connectivity index (χ2v) is 16.0. The first-order valence-electron chi connectivity index (χ1n) is 13.9. The number of nitrogens with zero attached hydrogens (tertiary/aromatic N) is 1. The van der Waals surface area contributed by atoms with Gasteiger partial charge < -0.3 is 14.0 Å². The van der Waals surface area contributed by atoms with Crippen molar-refractivity contribution in [3.05, 3.63) is 77.9 Å². The topological polar surface area (TPSA) is 107 Å². The molecule has 230 valence electrons. The van der Waals surface area contributed by atoms with Crippen molar-refractivity contribution in [2.24, 2.45) is 0 Å². The van der Waals surface area contributed by atoms with E-state index in [0.717, 1.165) is 36.5 Å². The molecule has 1 atom stereocenters. The zero-order valence-electron chi connectivity index (χ0n) is 24.9. The third-order valence-electron chi connectivity index (χ3n) is 7.04. The summed E-state index contributed by atoms with van der Waals surface area (Å²) in [6.07, 6.45) is 2.13. The highest BCUT2D eigenvalue weighted by Gasteiger charge is 2.20. The number of benzene rings is 3. The van der Waals surface area contributed by atoms with Gasteiger partial charge in [0.25, 0.3) is 10.1 Å². The monoisotopic (exact) mass is 636 g/mol. The maximum Gasteiger partial charge on any atom is 0.265 e.